The molecule has 0 aliphatic carbocycles. The molecule has 0 saturated carbocycles. The summed E-state index contributed by atoms with van der Waals surface area (Å²) >= 11 is 5.81. The lowest BCUT2D eigenvalue weighted by molar-refractivity contribution is 0.0950. The molecule has 1 aromatic carbocycles. The van der Waals surface area contributed by atoms with Crippen LogP contribution in [0, 0.1) is 5.82 Å². The lowest BCUT2D eigenvalue weighted by Crippen LogP contribution is -2.27. The van der Waals surface area contributed by atoms with Gasteiger partial charge >= 0.3 is 0 Å². The maximum atomic E-state index is 13.7. The van der Waals surface area contributed by atoms with Crippen molar-refractivity contribution in [3.05, 3.63) is 58.8 Å². The van der Waals surface area contributed by atoms with Crippen molar-refractivity contribution in [2.45, 2.75) is 19.9 Å². The third kappa shape index (κ3) is 3.23. The maximum Gasteiger partial charge on any atom is 0.254 e. The molecule has 24 heavy (non-hydrogen) atoms. The molecule has 0 spiro atoms. The Kier molecular flexibility index (Phi) is 4.76. The van der Waals surface area contributed by atoms with Gasteiger partial charge in [-0.1, -0.05) is 11.6 Å². The summed E-state index contributed by atoms with van der Waals surface area (Å²) in [7, 11) is 0. The summed E-state index contributed by atoms with van der Waals surface area (Å²) in [4.78, 5) is 21.0. The van der Waals surface area contributed by atoms with Gasteiger partial charge in [-0.15, -0.1) is 0 Å². The normalized spacial score (nSPS) is 11.0. The highest BCUT2D eigenvalue weighted by Crippen LogP contribution is 2.15. The van der Waals surface area contributed by atoms with E-state index in [0.29, 0.717) is 18.0 Å². The molecule has 5 nitrogen and oxygen atoms in total. The fourth-order valence-electron chi connectivity index (χ4n) is 2.58. The molecule has 0 saturated heterocycles. The van der Waals surface area contributed by atoms with E-state index >= 15 is 0 Å². The zero-order valence-corrected chi connectivity index (χ0v) is 13.8. The summed E-state index contributed by atoms with van der Waals surface area (Å²) in [5.41, 5.74) is 1.58. The Labute approximate surface area is 143 Å². The van der Waals surface area contributed by atoms with Crippen LogP contribution in [-0.4, -0.2) is 27.0 Å². The first-order valence-corrected chi connectivity index (χ1v) is 8.01. The lowest BCUT2D eigenvalue weighted by atomic mass is 10.2. The number of fused-ring (bicyclic) bond motifs is 1. The van der Waals surface area contributed by atoms with Crippen LogP contribution in [0.15, 0.2) is 36.5 Å². The van der Waals surface area contributed by atoms with Gasteiger partial charge in [0.1, 0.15) is 17.2 Å². The molecule has 0 fully saturated rings. The first-order valence-electron chi connectivity index (χ1n) is 7.63. The molecule has 0 aliphatic rings. The first kappa shape index (κ1) is 16.4. The number of imidazole rings is 1. The SMILES string of the molecule is CCn1c(CCNC(=O)c2cc(Cl)ccc2F)nc2cccnc21. The molecular weight excluding hydrogens is 331 g/mol. The minimum absolute atomic E-state index is 0.0619. The number of nitrogens with one attached hydrogen (secondary N) is 1. The zero-order chi connectivity index (χ0) is 17.1. The standard InChI is InChI=1S/C17H16ClFN4O/c1-2-23-15(22-14-4-3-8-20-16(14)23)7-9-21-17(24)12-10-11(18)5-6-13(12)19/h3-6,8,10H,2,7,9H2,1H3,(H,21,24). The summed E-state index contributed by atoms with van der Waals surface area (Å²) in [6.07, 6.45) is 2.25. The van der Waals surface area contributed by atoms with Crippen LogP contribution in [0.5, 0.6) is 0 Å². The minimum atomic E-state index is -0.595. The number of aromatic nitrogens is 3. The van der Waals surface area contributed by atoms with Gasteiger partial charge in [-0.3, -0.25) is 4.79 Å². The van der Waals surface area contributed by atoms with Crippen LogP contribution >= 0.6 is 11.6 Å². The molecule has 1 amide bonds. The van der Waals surface area contributed by atoms with E-state index < -0.39 is 11.7 Å². The second-order valence-corrected chi connectivity index (χ2v) is 5.68. The van der Waals surface area contributed by atoms with Gasteiger partial charge in [0.05, 0.1) is 5.56 Å². The van der Waals surface area contributed by atoms with E-state index in [0.717, 1.165) is 23.5 Å². The highest BCUT2D eigenvalue weighted by Gasteiger charge is 2.13. The second-order valence-electron chi connectivity index (χ2n) is 5.25. The number of nitrogens with zero attached hydrogens (tertiary/aromatic N) is 3. The van der Waals surface area contributed by atoms with Crippen LogP contribution in [0.3, 0.4) is 0 Å². The van der Waals surface area contributed by atoms with Crippen molar-refractivity contribution in [3.8, 4) is 0 Å². The van der Waals surface area contributed by atoms with E-state index in [4.69, 9.17) is 11.6 Å². The molecule has 0 aliphatic heterocycles. The minimum Gasteiger partial charge on any atom is -0.351 e. The Balaban J connectivity index is 1.70. The molecular formula is C17H16ClFN4O. The molecule has 1 N–H and O–H groups in total. The molecule has 0 radical (unpaired) electrons. The summed E-state index contributed by atoms with van der Waals surface area (Å²) in [6.45, 7) is 3.09. The number of halogens is 2. The van der Waals surface area contributed by atoms with Gasteiger partial charge in [0.2, 0.25) is 0 Å². The smallest absolute Gasteiger partial charge is 0.254 e. The Morgan fingerprint density at radius 2 is 2.21 bits per heavy atom. The van der Waals surface area contributed by atoms with Crippen molar-refractivity contribution in [1.29, 1.82) is 0 Å². The zero-order valence-electron chi connectivity index (χ0n) is 13.1. The number of carbonyl (C=O) groups is 1. The maximum absolute atomic E-state index is 13.7. The van der Waals surface area contributed by atoms with Gasteiger partial charge in [0, 0.05) is 30.7 Å². The molecule has 7 heteroatoms. The fraction of sp³-hybridized carbons (Fsp3) is 0.235. The largest absolute Gasteiger partial charge is 0.351 e. The van der Waals surface area contributed by atoms with Gasteiger partial charge in [-0.2, -0.15) is 0 Å². The van der Waals surface area contributed by atoms with Crippen LogP contribution in [0.25, 0.3) is 11.2 Å². The van der Waals surface area contributed by atoms with Gasteiger partial charge in [-0.25, -0.2) is 14.4 Å². The molecule has 3 aromatic rings. The lowest BCUT2D eigenvalue weighted by Gasteiger charge is -2.08. The predicted molar refractivity (Wildman–Crippen MR) is 90.6 cm³/mol. The topological polar surface area (TPSA) is 59.8 Å². The summed E-state index contributed by atoms with van der Waals surface area (Å²) < 4.78 is 15.7. The third-order valence-electron chi connectivity index (χ3n) is 3.71. The Morgan fingerprint density at radius 1 is 1.38 bits per heavy atom. The van der Waals surface area contributed by atoms with Crippen LogP contribution in [0.2, 0.25) is 5.02 Å². The number of benzene rings is 1. The molecule has 2 aromatic heterocycles. The summed E-state index contributed by atoms with van der Waals surface area (Å²) in [5, 5.41) is 3.02. The Morgan fingerprint density at radius 3 is 3.00 bits per heavy atom. The number of hydrogen-bond acceptors (Lipinski definition) is 3. The average molecular weight is 347 g/mol. The Hall–Kier alpha value is -2.47. The average Bonchev–Trinajstić information content (AvgIpc) is 2.94. The van der Waals surface area contributed by atoms with Gasteiger partial charge in [0.25, 0.3) is 5.91 Å². The number of pyridine rings is 1. The van der Waals surface area contributed by atoms with Crippen molar-refractivity contribution in [3.63, 3.8) is 0 Å². The van der Waals surface area contributed by atoms with Crippen molar-refractivity contribution in [1.82, 2.24) is 19.9 Å². The third-order valence-corrected chi connectivity index (χ3v) is 3.94. The van der Waals surface area contributed by atoms with E-state index in [2.05, 4.69) is 15.3 Å². The Bertz CT molecular complexity index is 893. The van der Waals surface area contributed by atoms with Crippen molar-refractivity contribution in [2.75, 3.05) is 6.54 Å². The molecule has 3 rings (SSSR count). The highest BCUT2D eigenvalue weighted by molar-refractivity contribution is 6.31. The van der Waals surface area contributed by atoms with Crippen molar-refractivity contribution in [2.24, 2.45) is 0 Å². The molecule has 0 atom stereocenters. The number of rotatable bonds is 5. The molecule has 2 heterocycles. The van der Waals surface area contributed by atoms with E-state index in [-0.39, 0.29) is 5.56 Å². The van der Waals surface area contributed by atoms with E-state index in [1.807, 2.05) is 23.6 Å². The number of carbonyl (C=O) groups excluding carboxylic acids is 1. The number of hydrogen-bond donors (Lipinski definition) is 1. The molecule has 124 valence electrons. The van der Waals surface area contributed by atoms with Gasteiger partial charge in [-0.05, 0) is 37.3 Å². The second kappa shape index (κ2) is 6.97. The van der Waals surface area contributed by atoms with Gasteiger partial charge < -0.3 is 9.88 Å². The first-order chi connectivity index (χ1) is 11.6. The van der Waals surface area contributed by atoms with Gasteiger partial charge in [0.15, 0.2) is 5.65 Å². The number of amides is 1. The van der Waals surface area contributed by atoms with E-state index in [1.54, 1.807) is 6.20 Å². The monoisotopic (exact) mass is 346 g/mol. The fourth-order valence-corrected chi connectivity index (χ4v) is 2.76. The summed E-state index contributed by atoms with van der Waals surface area (Å²) in [6, 6.07) is 7.64. The molecule has 0 unspecified atom stereocenters. The van der Waals surface area contributed by atoms with Crippen LogP contribution in [0.1, 0.15) is 23.1 Å². The predicted octanol–water partition coefficient (Wildman–Crippen LogP) is 3.22. The molecule has 0 bridgehead atoms. The highest BCUT2D eigenvalue weighted by atomic mass is 35.5. The van der Waals surface area contributed by atoms with Crippen LogP contribution in [-0.2, 0) is 13.0 Å². The van der Waals surface area contributed by atoms with Crippen LogP contribution in [0.4, 0.5) is 4.39 Å². The quantitative estimate of drug-likeness (QED) is 0.771. The van der Waals surface area contributed by atoms with Crippen molar-refractivity contribution < 1.29 is 9.18 Å². The van der Waals surface area contributed by atoms with E-state index in [9.17, 15) is 9.18 Å². The number of aryl methyl sites for hydroxylation is 1. The van der Waals surface area contributed by atoms with Crippen LogP contribution < -0.4 is 5.32 Å². The van der Waals surface area contributed by atoms with E-state index in [1.165, 1.54) is 18.2 Å². The summed E-state index contributed by atoms with van der Waals surface area (Å²) in [5.74, 6) is -0.257. The van der Waals surface area contributed by atoms with Crippen molar-refractivity contribution >= 4 is 28.7 Å².